The topological polar surface area (TPSA) is 52.6 Å². The van der Waals surface area contributed by atoms with Crippen LogP contribution in [-0.4, -0.2) is 25.2 Å². The molecule has 0 bridgehead atoms. The summed E-state index contributed by atoms with van der Waals surface area (Å²) in [6.07, 6.45) is 0.0795. The zero-order valence-corrected chi connectivity index (χ0v) is 10.8. The van der Waals surface area contributed by atoms with Crippen LogP contribution < -0.4 is 0 Å². The minimum atomic E-state index is -0.452. The molecule has 0 saturated heterocycles. The smallest absolute Gasteiger partial charge is 0.310 e. The highest BCUT2D eigenvalue weighted by molar-refractivity contribution is 5.80. The molecule has 0 N–H and O–H groups in total. The molecule has 1 atom stereocenters. The van der Waals surface area contributed by atoms with E-state index in [0.717, 1.165) is 0 Å². The lowest BCUT2D eigenvalue weighted by Gasteiger charge is -2.27. The molecule has 0 aliphatic rings. The Morgan fingerprint density at radius 1 is 1.06 bits per heavy atom. The van der Waals surface area contributed by atoms with Crippen LogP contribution in [0.4, 0.5) is 0 Å². The molecule has 0 aliphatic heterocycles. The Morgan fingerprint density at radius 2 is 1.56 bits per heavy atom. The molecule has 0 saturated carbocycles. The third-order valence-electron chi connectivity index (χ3n) is 2.29. The van der Waals surface area contributed by atoms with Gasteiger partial charge in [-0.1, -0.05) is 20.8 Å². The zero-order valence-electron chi connectivity index (χ0n) is 10.8. The predicted molar refractivity (Wildman–Crippen MR) is 60.8 cm³/mol. The second-order valence-corrected chi connectivity index (χ2v) is 4.68. The molecule has 0 fully saturated rings. The molecular formula is C12H22O4. The average Bonchev–Trinajstić information content (AvgIpc) is 2.13. The lowest BCUT2D eigenvalue weighted by Crippen LogP contribution is -2.32. The molecule has 0 spiro atoms. The first-order chi connectivity index (χ1) is 7.32. The number of esters is 2. The van der Waals surface area contributed by atoms with E-state index in [4.69, 9.17) is 9.47 Å². The van der Waals surface area contributed by atoms with Crippen LogP contribution >= 0.6 is 0 Å². The highest BCUT2D eigenvalue weighted by Crippen LogP contribution is 2.30. The summed E-state index contributed by atoms with van der Waals surface area (Å²) in [7, 11) is 0. The lowest BCUT2D eigenvalue weighted by molar-refractivity contribution is -0.158. The molecule has 0 rings (SSSR count). The van der Waals surface area contributed by atoms with Crippen LogP contribution in [0.2, 0.25) is 0 Å². The van der Waals surface area contributed by atoms with Crippen LogP contribution in [-0.2, 0) is 19.1 Å². The van der Waals surface area contributed by atoms with E-state index in [-0.39, 0.29) is 23.8 Å². The van der Waals surface area contributed by atoms with Gasteiger partial charge in [0.25, 0.3) is 0 Å². The van der Waals surface area contributed by atoms with Gasteiger partial charge in [-0.05, 0) is 19.3 Å². The summed E-state index contributed by atoms with van der Waals surface area (Å²) in [5.41, 5.74) is -0.307. The Labute approximate surface area is 97.3 Å². The third-order valence-corrected chi connectivity index (χ3v) is 2.29. The molecule has 4 heteroatoms. The SMILES string of the molecule is CCOC(=O)CC(C(=O)OCC)C(C)(C)C. The first-order valence-electron chi connectivity index (χ1n) is 5.65. The van der Waals surface area contributed by atoms with Crippen LogP contribution in [0.1, 0.15) is 41.0 Å². The molecule has 0 radical (unpaired) electrons. The van der Waals surface area contributed by atoms with E-state index in [1.165, 1.54) is 0 Å². The Morgan fingerprint density at radius 3 is 1.94 bits per heavy atom. The van der Waals surface area contributed by atoms with Crippen molar-refractivity contribution in [1.82, 2.24) is 0 Å². The molecule has 94 valence electrons. The summed E-state index contributed by atoms with van der Waals surface area (Å²) in [5, 5.41) is 0. The molecule has 1 unspecified atom stereocenters. The highest BCUT2D eigenvalue weighted by atomic mass is 16.5. The van der Waals surface area contributed by atoms with Crippen molar-refractivity contribution in [1.29, 1.82) is 0 Å². The monoisotopic (exact) mass is 230 g/mol. The second-order valence-electron chi connectivity index (χ2n) is 4.68. The van der Waals surface area contributed by atoms with E-state index < -0.39 is 5.92 Å². The van der Waals surface area contributed by atoms with Crippen molar-refractivity contribution in [3.63, 3.8) is 0 Å². The van der Waals surface area contributed by atoms with Crippen molar-refractivity contribution in [2.45, 2.75) is 41.0 Å². The quantitative estimate of drug-likeness (QED) is 0.679. The molecule has 16 heavy (non-hydrogen) atoms. The van der Waals surface area contributed by atoms with Crippen LogP contribution in [0.25, 0.3) is 0 Å². The average molecular weight is 230 g/mol. The van der Waals surface area contributed by atoms with Gasteiger partial charge in [-0.3, -0.25) is 9.59 Å². The number of rotatable bonds is 5. The van der Waals surface area contributed by atoms with Crippen molar-refractivity contribution in [2.24, 2.45) is 11.3 Å². The largest absolute Gasteiger partial charge is 0.466 e. The first-order valence-corrected chi connectivity index (χ1v) is 5.65. The van der Waals surface area contributed by atoms with E-state index in [0.29, 0.717) is 13.2 Å². The Balaban J connectivity index is 4.57. The third kappa shape index (κ3) is 5.14. The highest BCUT2D eigenvalue weighted by Gasteiger charge is 2.34. The van der Waals surface area contributed by atoms with Crippen molar-refractivity contribution < 1.29 is 19.1 Å². The van der Waals surface area contributed by atoms with Gasteiger partial charge in [0.1, 0.15) is 0 Å². The van der Waals surface area contributed by atoms with Crippen molar-refractivity contribution in [3.05, 3.63) is 0 Å². The van der Waals surface area contributed by atoms with Crippen LogP contribution in [0.5, 0.6) is 0 Å². The summed E-state index contributed by atoms with van der Waals surface area (Å²) in [4.78, 5) is 23.1. The van der Waals surface area contributed by atoms with Crippen molar-refractivity contribution in [2.75, 3.05) is 13.2 Å². The molecule has 0 aromatic carbocycles. The Bertz CT molecular complexity index is 240. The number of hydrogen-bond donors (Lipinski definition) is 0. The molecule has 0 aromatic heterocycles. The molecule has 4 nitrogen and oxygen atoms in total. The summed E-state index contributed by atoms with van der Waals surface area (Å²) < 4.78 is 9.81. The van der Waals surface area contributed by atoms with Gasteiger partial charge in [-0.25, -0.2) is 0 Å². The van der Waals surface area contributed by atoms with Gasteiger partial charge < -0.3 is 9.47 Å². The number of ether oxygens (including phenoxy) is 2. The molecular weight excluding hydrogens is 208 g/mol. The van der Waals surface area contributed by atoms with Crippen LogP contribution in [0.15, 0.2) is 0 Å². The second kappa shape index (κ2) is 6.51. The minimum Gasteiger partial charge on any atom is -0.466 e. The summed E-state index contributed by atoms with van der Waals surface area (Å²) in [6, 6.07) is 0. The number of carbonyl (C=O) groups is 2. The van der Waals surface area contributed by atoms with E-state index in [9.17, 15) is 9.59 Å². The van der Waals surface area contributed by atoms with Crippen molar-refractivity contribution in [3.8, 4) is 0 Å². The molecule has 0 amide bonds. The normalized spacial score (nSPS) is 13.1. The minimum absolute atomic E-state index is 0.0795. The maximum atomic E-state index is 11.7. The fourth-order valence-electron chi connectivity index (χ4n) is 1.37. The van der Waals surface area contributed by atoms with Crippen LogP contribution in [0, 0.1) is 11.3 Å². The maximum absolute atomic E-state index is 11.7. The molecule has 0 aliphatic carbocycles. The standard InChI is InChI=1S/C12H22O4/c1-6-15-10(13)8-9(12(3,4)5)11(14)16-7-2/h9H,6-8H2,1-5H3. The Kier molecular flexibility index (Phi) is 6.08. The predicted octanol–water partition coefficient (Wildman–Crippen LogP) is 2.17. The Hall–Kier alpha value is -1.06. The first kappa shape index (κ1) is 14.9. The number of hydrogen-bond acceptors (Lipinski definition) is 4. The zero-order chi connectivity index (χ0) is 12.8. The van der Waals surface area contributed by atoms with Gasteiger partial charge in [0.05, 0.1) is 25.6 Å². The lowest BCUT2D eigenvalue weighted by atomic mass is 9.79. The maximum Gasteiger partial charge on any atom is 0.310 e. The van der Waals surface area contributed by atoms with Gasteiger partial charge in [-0.2, -0.15) is 0 Å². The van der Waals surface area contributed by atoms with Gasteiger partial charge in [0, 0.05) is 0 Å². The molecule has 0 aromatic rings. The van der Waals surface area contributed by atoms with E-state index in [1.54, 1.807) is 13.8 Å². The fraction of sp³-hybridized carbons (Fsp3) is 0.833. The van der Waals surface area contributed by atoms with E-state index in [1.807, 2.05) is 20.8 Å². The van der Waals surface area contributed by atoms with Gasteiger partial charge in [0.15, 0.2) is 0 Å². The molecule has 0 heterocycles. The van der Waals surface area contributed by atoms with Gasteiger partial charge in [0.2, 0.25) is 0 Å². The van der Waals surface area contributed by atoms with Gasteiger partial charge in [-0.15, -0.1) is 0 Å². The fourth-order valence-corrected chi connectivity index (χ4v) is 1.37. The summed E-state index contributed by atoms with van der Waals surface area (Å²) in [6.45, 7) is 9.89. The van der Waals surface area contributed by atoms with Gasteiger partial charge >= 0.3 is 11.9 Å². The summed E-state index contributed by atoms with van der Waals surface area (Å²) in [5.74, 6) is -1.13. The number of carbonyl (C=O) groups excluding carboxylic acids is 2. The van der Waals surface area contributed by atoms with E-state index >= 15 is 0 Å². The van der Waals surface area contributed by atoms with Crippen LogP contribution in [0.3, 0.4) is 0 Å². The van der Waals surface area contributed by atoms with E-state index in [2.05, 4.69) is 0 Å². The summed E-state index contributed by atoms with van der Waals surface area (Å²) >= 11 is 0. The van der Waals surface area contributed by atoms with Crippen molar-refractivity contribution >= 4 is 11.9 Å².